The van der Waals surface area contributed by atoms with Gasteiger partial charge in [0.2, 0.25) is 0 Å². The largest absolute Gasteiger partial charge is 0.382 e. The van der Waals surface area contributed by atoms with E-state index in [1.54, 1.807) is 0 Å². The highest BCUT2D eigenvalue weighted by molar-refractivity contribution is 4.36. The van der Waals surface area contributed by atoms with Crippen molar-refractivity contribution in [1.29, 1.82) is 0 Å². The van der Waals surface area contributed by atoms with E-state index >= 15 is 0 Å². The second-order valence-corrected chi connectivity index (χ2v) is 2.27. The van der Waals surface area contributed by atoms with Gasteiger partial charge in [-0.05, 0) is 34.0 Å². The highest BCUT2D eigenvalue weighted by atomic mass is 16.5. The maximum atomic E-state index is 4.83. The van der Waals surface area contributed by atoms with Crippen LogP contribution >= 0.6 is 0 Å². The Bertz CT molecular complexity index is 51.5. The maximum absolute atomic E-state index is 4.83. The van der Waals surface area contributed by atoms with Crippen LogP contribution in [0.1, 0.15) is 27.7 Å². The summed E-state index contributed by atoms with van der Waals surface area (Å²) in [5, 5.41) is 0. The van der Waals surface area contributed by atoms with Crippen LogP contribution in [0.25, 0.3) is 0 Å². The lowest BCUT2D eigenvalue weighted by atomic mass is 10.6. The zero-order valence-corrected chi connectivity index (χ0v) is 8.68. The van der Waals surface area contributed by atoms with E-state index in [1.165, 1.54) is 0 Å². The third kappa shape index (κ3) is 17.8. The van der Waals surface area contributed by atoms with Gasteiger partial charge in [0.25, 0.3) is 0 Å². The molecule has 0 saturated carbocycles. The molecule has 2 heteroatoms. The first-order valence-electron chi connectivity index (χ1n) is 4.49. The minimum absolute atomic E-state index is 0.844. The number of ether oxygens (including phenoxy) is 1. The van der Waals surface area contributed by atoms with Gasteiger partial charge in [-0.1, -0.05) is 13.8 Å². The van der Waals surface area contributed by atoms with E-state index < -0.39 is 0 Å². The SMILES string of the molecule is CCN(C)CC.CCOCC. The molecule has 0 N–H and O–H groups in total. The first-order chi connectivity index (χ1) is 5.22. The van der Waals surface area contributed by atoms with Crippen molar-refractivity contribution in [3.05, 3.63) is 0 Å². The average Bonchev–Trinajstić information content (AvgIpc) is 2.06. The quantitative estimate of drug-likeness (QED) is 0.625. The Morgan fingerprint density at radius 2 is 1.27 bits per heavy atom. The minimum Gasteiger partial charge on any atom is -0.382 e. The van der Waals surface area contributed by atoms with E-state index in [9.17, 15) is 0 Å². The Morgan fingerprint density at radius 3 is 1.27 bits per heavy atom. The van der Waals surface area contributed by atoms with E-state index in [0.717, 1.165) is 26.3 Å². The van der Waals surface area contributed by atoms with Crippen molar-refractivity contribution >= 4 is 0 Å². The zero-order chi connectivity index (χ0) is 9.11. The van der Waals surface area contributed by atoms with Crippen LogP contribution in [0.5, 0.6) is 0 Å². The van der Waals surface area contributed by atoms with Crippen molar-refractivity contribution in [3.63, 3.8) is 0 Å². The fourth-order valence-electron chi connectivity index (χ4n) is 0.428. The van der Waals surface area contributed by atoms with Crippen LogP contribution < -0.4 is 0 Å². The summed E-state index contributed by atoms with van der Waals surface area (Å²) in [7, 11) is 2.11. The van der Waals surface area contributed by atoms with E-state index in [4.69, 9.17) is 4.74 Å². The molecule has 0 fully saturated rings. The van der Waals surface area contributed by atoms with Crippen LogP contribution in [0.3, 0.4) is 0 Å². The molecule has 11 heavy (non-hydrogen) atoms. The van der Waals surface area contributed by atoms with Gasteiger partial charge in [0.15, 0.2) is 0 Å². The van der Waals surface area contributed by atoms with Crippen LogP contribution in [-0.4, -0.2) is 38.3 Å². The fourth-order valence-corrected chi connectivity index (χ4v) is 0.428. The van der Waals surface area contributed by atoms with E-state index in [2.05, 4.69) is 25.8 Å². The molecule has 0 amide bonds. The molecule has 0 heterocycles. The minimum atomic E-state index is 0.844. The average molecular weight is 161 g/mol. The molecule has 0 aromatic heterocycles. The van der Waals surface area contributed by atoms with Gasteiger partial charge in [-0.3, -0.25) is 0 Å². The van der Waals surface area contributed by atoms with Gasteiger partial charge in [0.05, 0.1) is 0 Å². The summed E-state index contributed by atoms with van der Waals surface area (Å²) in [6.07, 6.45) is 0. The molecule has 0 spiro atoms. The summed E-state index contributed by atoms with van der Waals surface area (Å²) in [5.74, 6) is 0. The maximum Gasteiger partial charge on any atom is 0.0437 e. The number of hydrogen-bond acceptors (Lipinski definition) is 2. The summed E-state index contributed by atoms with van der Waals surface area (Å²) in [5.41, 5.74) is 0. The third-order valence-electron chi connectivity index (χ3n) is 1.49. The number of hydrogen-bond donors (Lipinski definition) is 0. The third-order valence-corrected chi connectivity index (χ3v) is 1.49. The zero-order valence-electron chi connectivity index (χ0n) is 8.68. The Kier molecular flexibility index (Phi) is 15.4. The van der Waals surface area contributed by atoms with E-state index in [0.29, 0.717) is 0 Å². The van der Waals surface area contributed by atoms with Crippen LogP contribution in [0.2, 0.25) is 0 Å². The highest BCUT2D eigenvalue weighted by Gasteiger charge is 1.81. The lowest BCUT2D eigenvalue weighted by Gasteiger charge is -2.07. The summed E-state index contributed by atoms with van der Waals surface area (Å²) in [4.78, 5) is 2.25. The topological polar surface area (TPSA) is 12.5 Å². The molecule has 0 saturated heterocycles. The predicted octanol–water partition coefficient (Wildman–Crippen LogP) is 2.00. The normalized spacial score (nSPS) is 9.27. The van der Waals surface area contributed by atoms with Crippen molar-refractivity contribution in [2.45, 2.75) is 27.7 Å². The molecular weight excluding hydrogens is 138 g/mol. The summed E-state index contributed by atoms with van der Waals surface area (Å²) >= 11 is 0. The molecule has 0 radical (unpaired) electrons. The Morgan fingerprint density at radius 1 is 0.909 bits per heavy atom. The van der Waals surface area contributed by atoms with Crippen molar-refractivity contribution < 1.29 is 4.74 Å². The smallest absolute Gasteiger partial charge is 0.0437 e. The Hall–Kier alpha value is -0.0800. The molecular formula is C9H23NO. The second kappa shape index (κ2) is 12.6. The summed E-state index contributed by atoms with van der Waals surface area (Å²) in [6, 6.07) is 0. The molecule has 0 atom stereocenters. The van der Waals surface area contributed by atoms with Gasteiger partial charge >= 0.3 is 0 Å². The Balaban J connectivity index is 0. The molecule has 0 unspecified atom stereocenters. The van der Waals surface area contributed by atoms with Gasteiger partial charge < -0.3 is 9.64 Å². The van der Waals surface area contributed by atoms with Gasteiger partial charge in [-0.2, -0.15) is 0 Å². The van der Waals surface area contributed by atoms with E-state index in [-0.39, 0.29) is 0 Å². The molecule has 0 aliphatic heterocycles. The molecule has 0 bridgehead atoms. The monoisotopic (exact) mass is 161 g/mol. The molecule has 0 rings (SSSR count). The van der Waals surface area contributed by atoms with Gasteiger partial charge in [0, 0.05) is 13.2 Å². The van der Waals surface area contributed by atoms with Crippen molar-refractivity contribution in [1.82, 2.24) is 4.90 Å². The molecule has 0 aromatic rings. The van der Waals surface area contributed by atoms with E-state index in [1.807, 2.05) is 13.8 Å². The highest BCUT2D eigenvalue weighted by Crippen LogP contribution is 1.73. The first kappa shape index (κ1) is 13.5. The molecule has 0 aromatic carbocycles. The van der Waals surface area contributed by atoms with Crippen LogP contribution in [-0.2, 0) is 4.74 Å². The van der Waals surface area contributed by atoms with Crippen LogP contribution in [0.4, 0.5) is 0 Å². The predicted molar refractivity (Wildman–Crippen MR) is 51.0 cm³/mol. The number of nitrogens with zero attached hydrogens (tertiary/aromatic N) is 1. The molecule has 0 aliphatic rings. The lowest BCUT2D eigenvalue weighted by Crippen LogP contribution is -2.15. The first-order valence-corrected chi connectivity index (χ1v) is 4.49. The standard InChI is InChI=1S/C5H13N.C4H10O/c1-4-6(3)5-2;1-3-5-4-2/h4-5H2,1-3H3;3-4H2,1-2H3. The fraction of sp³-hybridized carbons (Fsp3) is 1.00. The van der Waals surface area contributed by atoms with Gasteiger partial charge in [0.1, 0.15) is 0 Å². The second-order valence-electron chi connectivity index (χ2n) is 2.27. The van der Waals surface area contributed by atoms with Crippen molar-refractivity contribution in [2.24, 2.45) is 0 Å². The number of rotatable bonds is 4. The summed E-state index contributed by atoms with van der Waals surface area (Å²) in [6.45, 7) is 12.3. The Labute approximate surface area is 71.5 Å². The molecule has 70 valence electrons. The molecule has 2 nitrogen and oxygen atoms in total. The molecule has 0 aliphatic carbocycles. The van der Waals surface area contributed by atoms with Crippen molar-refractivity contribution in [2.75, 3.05) is 33.4 Å². The van der Waals surface area contributed by atoms with Gasteiger partial charge in [-0.25, -0.2) is 0 Å². The van der Waals surface area contributed by atoms with Gasteiger partial charge in [-0.15, -0.1) is 0 Å². The van der Waals surface area contributed by atoms with Crippen LogP contribution in [0.15, 0.2) is 0 Å². The van der Waals surface area contributed by atoms with Crippen molar-refractivity contribution in [3.8, 4) is 0 Å². The lowest BCUT2D eigenvalue weighted by molar-refractivity contribution is 0.162. The van der Waals surface area contributed by atoms with Crippen LogP contribution in [0, 0.1) is 0 Å². The summed E-state index contributed by atoms with van der Waals surface area (Å²) < 4.78 is 4.83.